The molecule has 1 aliphatic rings. The highest BCUT2D eigenvalue weighted by Gasteiger charge is 2.32. The number of hydrogen-bond acceptors (Lipinski definition) is 3. The van der Waals surface area contributed by atoms with Gasteiger partial charge in [0.15, 0.2) is 0 Å². The van der Waals surface area contributed by atoms with Crippen molar-refractivity contribution in [3.8, 4) is 5.75 Å². The quantitative estimate of drug-likeness (QED) is 0.856. The zero-order valence-corrected chi connectivity index (χ0v) is 13.6. The number of nitrogens with two attached hydrogens (primary N) is 1. The van der Waals surface area contributed by atoms with Gasteiger partial charge in [0.1, 0.15) is 5.75 Å². The van der Waals surface area contributed by atoms with Gasteiger partial charge in [-0.15, -0.1) is 25.6 Å². The van der Waals surface area contributed by atoms with Crippen LogP contribution in [0.15, 0.2) is 22.7 Å². The van der Waals surface area contributed by atoms with Gasteiger partial charge in [0.2, 0.25) is 0 Å². The van der Waals surface area contributed by atoms with Crippen LogP contribution >= 0.6 is 28.3 Å². The maximum atomic E-state index is 12.2. The SMILES string of the molecule is Cl.NCC1CCN(Cc2ccc(OC(F)(F)F)c(Br)c2)C1. The second kappa shape index (κ2) is 7.67. The molecule has 0 amide bonds. The van der Waals surface area contributed by atoms with E-state index in [1.165, 1.54) is 6.07 Å². The van der Waals surface area contributed by atoms with Gasteiger partial charge in [-0.25, -0.2) is 0 Å². The van der Waals surface area contributed by atoms with Gasteiger partial charge in [-0.05, 0) is 59.1 Å². The summed E-state index contributed by atoms with van der Waals surface area (Å²) in [7, 11) is 0. The van der Waals surface area contributed by atoms with E-state index in [-0.39, 0.29) is 18.2 Å². The number of rotatable bonds is 4. The molecule has 1 saturated heterocycles. The van der Waals surface area contributed by atoms with Crippen LogP contribution in [0.4, 0.5) is 13.2 Å². The van der Waals surface area contributed by atoms with Crippen molar-refractivity contribution in [2.45, 2.75) is 19.3 Å². The predicted molar refractivity (Wildman–Crippen MR) is 80.5 cm³/mol. The van der Waals surface area contributed by atoms with Gasteiger partial charge in [-0.3, -0.25) is 4.90 Å². The van der Waals surface area contributed by atoms with E-state index in [1.807, 2.05) is 0 Å². The van der Waals surface area contributed by atoms with Gasteiger partial charge in [-0.1, -0.05) is 6.07 Å². The summed E-state index contributed by atoms with van der Waals surface area (Å²) >= 11 is 3.11. The van der Waals surface area contributed by atoms with Crippen LogP contribution in [-0.4, -0.2) is 30.9 Å². The second-order valence-corrected chi connectivity index (χ2v) is 5.79. The van der Waals surface area contributed by atoms with Crippen molar-refractivity contribution in [2.75, 3.05) is 19.6 Å². The van der Waals surface area contributed by atoms with Gasteiger partial charge < -0.3 is 10.5 Å². The smallest absolute Gasteiger partial charge is 0.405 e. The first kappa shape index (κ1) is 18.5. The van der Waals surface area contributed by atoms with Crippen LogP contribution in [0.25, 0.3) is 0 Å². The summed E-state index contributed by atoms with van der Waals surface area (Å²) in [5, 5.41) is 0. The van der Waals surface area contributed by atoms with E-state index in [1.54, 1.807) is 12.1 Å². The van der Waals surface area contributed by atoms with Crippen molar-refractivity contribution in [3.05, 3.63) is 28.2 Å². The Morgan fingerprint density at radius 3 is 2.62 bits per heavy atom. The number of halogens is 5. The fraction of sp³-hybridized carbons (Fsp3) is 0.538. The third-order valence-corrected chi connectivity index (χ3v) is 3.95. The molecule has 0 aliphatic carbocycles. The number of nitrogens with zero attached hydrogens (tertiary/aromatic N) is 1. The Bertz CT molecular complexity index is 473. The molecule has 1 heterocycles. The third-order valence-electron chi connectivity index (χ3n) is 3.33. The third kappa shape index (κ3) is 5.65. The molecule has 2 N–H and O–H groups in total. The molecule has 8 heteroatoms. The lowest BCUT2D eigenvalue weighted by Gasteiger charge is -2.17. The van der Waals surface area contributed by atoms with Gasteiger partial charge in [0.25, 0.3) is 0 Å². The first-order valence-electron chi connectivity index (χ1n) is 6.34. The molecule has 3 nitrogen and oxygen atoms in total. The summed E-state index contributed by atoms with van der Waals surface area (Å²) in [6.07, 6.45) is -3.60. The monoisotopic (exact) mass is 388 g/mol. The molecule has 0 bridgehead atoms. The van der Waals surface area contributed by atoms with Crippen molar-refractivity contribution in [2.24, 2.45) is 11.7 Å². The number of alkyl halides is 3. The van der Waals surface area contributed by atoms with Crippen LogP contribution in [0.1, 0.15) is 12.0 Å². The van der Waals surface area contributed by atoms with Gasteiger partial charge in [0, 0.05) is 13.1 Å². The fourth-order valence-electron chi connectivity index (χ4n) is 2.36. The molecular weight excluding hydrogens is 373 g/mol. The summed E-state index contributed by atoms with van der Waals surface area (Å²) in [6.45, 7) is 3.30. The van der Waals surface area contributed by atoms with E-state index in [0.717, 1.165) is 25.1 Å². The van der Waals surface area contributed by atoms with Crippen molar-refractivity contribution in [1.29, 1.82) is 0 Å². The largest absolute Gasteiger partial charge is 0.573 e. The molecule has 1 fully saturated rings. The van der Waals surface area contributed by atoms with E-state index in [9.17, 15) is 13.2 Å². The minimum atomic E-state index is -4.67. The Morgan fingerprint density at radius 1 is 1.38 bits per heavy atom. The molecule has 120 valence electrons. The van der Waals surface area contributed by atoms with Crippen LogP contribution in [0.3, 0.4) is 0 Å². The second-order valence-electron chi connectivity index (χ2n) is 4.94. The van der Waals surface area contributed by atoms with E-state index < -0.39 is 6.36 Å². The number of hydrogen-bond donors (Lipinski definition) is 1. The average Bonchev–Trinajstić information content (AvgIpc) is 2.79. The summed E-state index contributed by atoms with van der Waals surface area (Å²) in [6, 6.07) is 4.65. The lowest BCUT2D eigenvalue weighted by Crippen LogP contribution is -2.22. The predicted octanol–water partition coefficient (Wildman–Crippen LogP) is 3.55. The maximum absolute atomic E-state index is 12.2. The average molecular weight is 390 g/mol. The van der Waals surface area contributed by atoms with E-state index >= 15 is 0 Å². The molecule has 0 aromatic heterocycles. The van der Waals surface area contributed by atoms with E-state index in [0.29, 0.717) is 23.5 Å². The van der Waals surface area contributed by atoms with Gasteiger partial charge >= 0.3 is 6.36 Å². The molecule has 1 aromatic carbocycles. The van der Waals surface area contributed by atoms with Crippen LogP contribution in [-0.2, 0) is 6.54 Å². The Labute approximate surface area is 136 Å². The van der Waals surface area contributed by atoms with Crippen LogP contribution in [0, 0.1) is 5.92 Å². The summed E-state index contributed by atoms with van der Waals surface area (Å²) in [5.74, 6) is 0.300. The molecular formula is C13H17BrClF3N2O. The lowest BCUT2D eigenvalue weighted by molar-refractivity contribution is -0.274. The van der Waals surface area contributed by atoms with Crippen LogP contribution < -0.4 is 10.5 Å². The highest BCUT2D eigenvalue weighted by atomic mass is 79.9. The number of likely N-dealkylation sites (tertiary alicyclic amines) is 1. The van der Waals surface area contributed by atoms with Crippen LogP contribution in [0.5, 0.6) is 5.75 Å². The zero-order valence-electron chi connectivity index (χ0n) is 11.2. The first-order valence-corrected chi connectivity index (χ1v) is 7.13. The van der Waals surface area contributed by atoms with Crippen molar-refractivity contribution < 1.29 is 17.9 Å². The maximum Gasteiger partial charge on any atom is 0.573 e. The minimum absolute atomic E-state index is 0. The molecule has 1 aromatic rings. The molecule has 0 saturated carbocycles. The van der Waals surface area contributed by atoms with E-state index in [2.05, 4.69) is 25.6 Å². The summed E-state index contributed by atoms with van der Waals surface area (Å²) < 4.78 is 40.7. The van der Waals surface area contributed by atoms with E-state index in [4.69, 9.17) is 5.73 Å². The van der Waals surface area contributed by atoms with Crippen molar-refractivity contribution >= 4 is 28.3 Å². The Balaban J connectivity index is 0.00000220. The minimum Gasteiger partial charge on any atom is -0.405 e. The molecule has 21 heavy (non-hydrogen) atoms. The lowest BCUT2D eigenvalue weighted by atomic mass is 10.1. The molecule has 0 spiro atoms. The zero-order chi connectivity index (χ0) is 14.8. The molecule has 1 atom stereocenters. The number of benzene rings is 1. The van der Waals surface area contributed by atoms with Gasteiger partial charge in [0.05, 0.1) is 4.47 Å². The normalized spacial score (nSPS) is 19.4. The standard InChI is InChI=1S/C13H16BrF3N2O.ClH/c14-11-5-9(1-2-12(11)20-13(15,16)17)7-19-4-3-10(6-18)8-19;/h1-2,5,10H,3-4,6-8,18H2;1H. The Morgan fingerprint density at radius 2 is 2.10 bits per heavy atom. The van der Waals surface area contributed by atoms with Crippen molar-refractivity contribution in [1.82, 2.24) is 4.90 Å². The summed E-state index contributed by atoms with van der Waals surface area (Å²) in [5.41, 5.74) is 6.58. The van der Waals surface area contributed by atoms with Crippen LogP contribution in [0.2, 0.25) is 0 Å². The number of ether oxygens (including phenoxy) is 1. The van der Waals surface area contributed by atoms with Gasteiger partial charge in [-0.2, -0.15) is 0 Å². The van der Waals surface area contributed by atoms with Crippen molar-refractivity contribution in [3.63, 3.8) is 0 Å². The molecule has 2 rings (SSSR count). The summed E-state index contributed by atoms with van der Waals surface area (Å²) in [4.78, 5) is 2.25. The Kier molecular flexibility index (Phi) is 6.77. The highest BCUT2D eigenvalue weighted by Crippen LogP contribution is 2.31. The molecule has 1 unspecified atom stereocenters. The topological polar surface area (TPSA) is 38.5 Å². The Hall–Kier alpha value is -0.500. The fourth-order valence-corrected chi connectivity index (χ4v) is 2.86. The molecule has 1 aliphatic heterocycles. The first-order chi connectivity index (χ1) is 9.37. The highest BCUT2D eigenvalue weighted by molar-refractivity contribution is 9.10. The molecule has 0 radical (unpaired) electrons.